The Balaban J connectivity index is -0.000000282. The zero-order valence-corrected chi connectivity index (χ0v) is 7.25. The van der Waals surface area contributed by atoms with E-state index in [2.05, 4.69) is 0 Å². The summed E-state index contributed by atoms with van der Waals surface area (Å²) in [4.78, 5) is 30.7. The zero-order valence-electron chi connectivity index (χ0n) is 7.25. The zero-order chi connectivity index (χ0) is 11.5. The van der Waals surface area contributed by atoms with E-state index in [1.807, 2.05) is 0 Å². The fourth-order valence-electron chi connectivity index (χ4n) is 0.724. The summed E-state index contributed by atoms with van der Waals surface area (Å²) in [6.45, 7) is 0. The number of carboxylic acid groups (broad SMARTS) is 3. The van der Waals surface area contributed by atoms with Gasteiger partial charge in [-0.05, 0) is 0 Å². The van der Waals surface area contributed by atoms with Gasteiger partial charge in [-0.15, -0.1) is 0 Å². The van der Waals surface area contributed by atoms with Crippen LogP contribution in [0, 0.1) is 0 Å². The van der Waals surface area contributed by atoms with Crippen molar-refractivity contribution in [3.8, 4) is 0 Å². The second-order valence-electron chi connectivity index (χ2n) is 2.54. The van der Waals surface area contributed by atoms with Gasteiger partial charge in [0.1, 0.15) is 0 Å². The summed E-state index contributed by atoms with van der Waals surface area (Å²) >= 11 is 0. The van der Waals surface area contributed by atoms with Crippen LogP contribution in [0.4, 0.5) is 0 Å². The molecule has 9 nitrogen and oxygen atoms in total. The van der Waals surface area contributed by atoms with E-state index in [9.17, 15) is 14.4 Å². The van der Waals surface area contributed by atoms with Crippen molar-refractivity contribution in [3.63, 3.8) is 0 Å². The third-order valence-electron chi connectivity index (χ3n) is 1.48. The Morgan fingerprint density at radius 2 is 1.41 bits per heavy atom. The number of aliphatic hydroxyl groups is 2. The average Bonchev–Trinajstić information content (AvgIpc) is 2.00. The van der Waals surface area contributed by atoms with E-state index in [0.717, 1.165) is 0 Å². The second kappa shape index (κ2) is 11.4. The molecule has 0 spiro atoms. The van der Waals surface area contributed by atoms with Gasteiger partial charge >= 0.3 is 121 Å². The van der Waals surface area contributed by atoms with Crippen LogP contribution in [0.2, 0.25) is 0 Å². The number of hydrogen-bond donors (Lipinski definition) is 5. The van der Waals surface area contributed by atoms with Gasteiger partial charge in [0.05, 0.1) is 6.42 Å². The topological polar surface area (TPSA) is 184 Å². The molecule has 0 heterocycles. The summed E-state index contributed by atoms with van der Waals surface area (Å²) in [7, 11) is 0. The molecule has 11 heteroatoms. The summed E-state index contributed by atoms with van der Waals surface area (Å²) in [5.74, 6) is -5.87. The fraction of sp³-hybridized carbons (Fsp3) is 0.500. The molecule has 0 aliphatic carbocycles. The van der Waals surface area contributed by atoms with E-state index in [1.54, 1.807) is 0 Å². The first-order chi connectivity index (χ1) is 6.21. The fourth-order valence-corrected chi connectivity index (χ4v) is 0.724. The number of carbonyl (C=O) groups is 3. The van der Waals surface area contributed by atoms with Crippen molar-refractivity contribution in [2.75, 3.05) is 0 Å². The maximum absolute atomic E-state index is 10.4. The van der Waals surface area contributed by atoms with Crippen LogP contribution < -0.4 is 0 Å². The van der Waals surface area contributed by atoms with Gasteiger partial charge in [0.25, 0.3) is 0 Å². The standard InChI is InChI=1S/C6H8O8.2K.H2O.2H/c7-2(8)1-6(14,5(12)13)3(9)4(10)11;;;;;/h3,9,14H,1H2,(H,7,8)(H,10,11)(H,12,13);;;1H2;;. The number of aliphatic carboxylic acids is 3. The maximum atomic E-state index is 10.4. The molecule has 0 amide bonds. The van der Waals surface area contributed by atoms with Crippen molar-refractivity contribution in [1.29, 1.82) is 0 Å². The Kier molecular flexibility index (Phi) is 18.1. The van der Waals surface area contributed by atoms with E-state index < -0.39 is 36.0 Å². The first kappa shape index (κ1) is 27.0. The average molecular weight is 306 g/mol. The molecule has 7 N–H and O–H groups in total. The van der Waals surface area contributed by atoms with Gasteiger partial charge in [-0.2, -0.15) is 0 Å². The Morgan fingerprint density at radius 1 is 1.06 bits per heavy atom. The third kappa shape index (κ3) is 8.36. The van der Waals surface area contributed by atoms with E-state index >= 15 is 0 Å². The van der Waals surface area contributed by atoms with Crippen LogP contribution in [0.5, 0.6) is 0 Å². The predicted octanol–water partition coefficient (Wildman–Crippen LogP) is -4.40. The van der Waals surface area contributed by atoms with Crippen LogP contribution in [0.1, 0.15) is 6.42 Å². The third-order valence-corrected chi connectivity index (χ3v) is 1.48. The molecule has 0 aromatic heterocycles. The molecule has 0 rings (SSSR count). The molecule has 0 aliphatic heterocycles. The minimum absolute atomic E-state index is 0. The molecule has 2 unspecified atom stereocenters. The molecule has 0 saturated carbocycles. The van der Waals surface area contributed by atoms with Gasteiger partial charge < -0.3 is 31.0 Å². The molecule has 17 heavy (non-hydrogen) atoms. The van der Waals surface area contributed by atoms with Gasteiger partial charge in [0.2, 0.25) is 5.60 Å². The van der Waals surface area contributed by atoms with Crippen molar-refractivity contribution < 1.29 is 45.4 Å². The van der Waals surface area contributed by atoms with Crippen LogP contribution in [0.3, 0.4) is 0 Å². The molecule has 0 saturated heterocycles. The quantitative estimate of drug-likeness (QED) is 0.315. The SMILES string of the molecule is O.O=C(O)CC(O)(C(=O)O)C(O)C(=O)O.[KH].[KH]. The van der Waals surface area contributed by atoms with Gasteiger partial charge in [0, 0.05) is 0 Å². The Labute approximate surface area is 180 Å². The van der Waals surface area contributed by atoms with Crippen molar-refractivity contribution in [2.24, 2.45) is 0 Å². The van der Waals surface area contributed by atoms with Crippen molar-refractivity contribution >= 4 is 121 Å². The first-order valence-electron chi connectivity index (χ1n) is 3.30. The van der Waals surface area contributed by atoms with E-state index in [1.165, 1.54) is 0 Å². The molecule has 0 aliphatic rings. The van der Waals surface area contributed by atoms with E-state index in [-0.39, 0.29) is 108 Å². The number of aliphatic hydroxyl groups excluding tert-OH is 1. The van der Waals surface area contributed by atoms with Gasteiger partial charge in [-0.3, -0.25) is 4.79 Å². The molecular weight excluding hydrogens is 294 g/mol. The van der Waals surface area contributed by atoms with Gasteiger partial charge in [-0.1, -0.05) is 0 Å². The summed E-state index contributed by atoms with van der Waals surface area (Å²) in [6, 6.07) is 0. The Bertz CT molecular complexity index is 281. The first-order valence-corrected chi connectivity index (χ1v) is 3.30. The molecule has 0 aromatic rings. The molecule has 0 radical (unpaired) electrons. The van der Waals surface area contributed by atoms with E-state index in [4.69, 9.17) is 25.5 Å². The van der Waals surface area contributed by atoms with Crippen LogP contribution in [0.25, 0.3) is 0 Å². The van der Waals surface area contributed by atoms with Crippen LogP contribution >= 0.6 is 0 Å². The molecule has 0 aromatic carbocycles. The van der Waals surface area contributed by atoms with Gasteiger partial charge in [0.15, 0.2) is 6.10 Å². The summed E-state index contributed by atoms with van der Waals surface area (Å²) in [5.41, 5.74) is -3.22. The van der Waals surface area contributed by atoms with Gasteiger partial charge in [-0.25, -0.2) is 9.59 Å². The van der Waals surface area contributed by atoms with Crippen molar-refractivity contribution in [3.05, 3.63) is 0 Å². The van der Waals surface area contributed by atoms with E-state index in [0.29, 0.717) is 0 Å². The molecule has 92 valence electrons. The normalized spacial score (nSPS) is 13.8. The summed E-state index contributed by atoms with van der Waals surface area (Å²) < 4.78 is 0. The molecule has 0 bridgehead atoms. The second-order valence-corrected chi connectivity index (χ2v) is 2.54. The van der Waals surface area contributed by atoms with Crippen LogP contribution in [0.15, 0.2) is 0 Å². The number of rotatable bonds is 5. The summed E-state index contributed by atoms with van der Waals surface area (Å²) in [6.07, 6.45) is -4.11. The number of hydrogen-bond acceptors (Lipinski definition) is 5. The van der Waals surface area contributed by atoms with Crippen LogP contribution in [-0.4, -0.2) is 163 Å². The summed E-state index contributed by atoms with van der Waals surface area (Å²) in [5, 5.41) is 42.6. The Hall–Kier alpha value is 1.56. The Morgan fingerprint density at radius 3 is 1.59 bits per heavy atom. The molecule has 2 atom stereocenters. The van der Waals surface area contributed by atoms with Crippen molar-refractivity contribution in [1.82, 2.24) is 0 Å². The predicted molar refractivity (Wildman–Crippen MR) is 56.4 cm³/mol. The van der Waals surface area contributed by atoms with Crippen molar-refractivity contribution in [2.45, 2.75) is 18.1 Å². The molecule has 0 fully saturated rings. The number of carboxylic acids is 3. The molecular formula is C6H12K2O9. The van der Waals surface area contributed by atoms with Crippen LogP contribution in [-0.2, 0) is 14.4 Å². The monoisotopic (exact) mass is 306 g/mol. The minimum atomic E-state index is -3.22.